The summed E-state index contributed by atoms with van der Waals surface area (Å²) in [5.74, 6) is 0. The van der Waals surface area contributed by atoms with E-state index in [-0.39, 0.29) is 0 Å². The minimum absolute atomic E-state index is 1.10. The first-order valence-corrected chi connectivity index (χ1v) is 5.32. The van der Waals surface area contributed by atoms with E-state index in [1.807, 2.05) is 30.3 Å². The molecule has 0 aliphatic carbocycles. The molecule has 0 atom stereocenters. The molecule has 0 spiro atoms. The molecule has 0 amide bonds. The summed E-state index contributed by atoms with van der Waals surface area (Å²) >= 11 is 0. The molecule has 0 heteroatoms. The van der Waals surface area contributed by atoms with Crippen molar-refractivity contribution >= 4 is 10.8 Å². The van der Waals surface area contributed by atoms with Gasteiger partial charge in [-0.1, -0.05) is 54.6 Å². The molecule has 0 nitrogen and oxygen atoms in total. The van der Waals surface area contributed by atoms with Crippen molar-refractivity contribution in [1.29, 1.82) is 0 Å². The third-order valence-electron chi connectivity index (χ3n) is 2.68. The van der Waals surface area contributed by atoms with Gasteiger partial charge in [0.2, 0.25) is 0 Å². The smallest absolute Gasteiger partial charge is 0.000719 e. The standard InChI is InChI=1S/C16H10/c1-2-6-13(7-3-1)16-11-10-14-8-4-5-9-15(14)12-16/h1-9,12H. The van der Waals surface area contributed by atoms with E-state index in [0.29, 0.717) is 0 Å². The zero-order valence-corrected chi connectivity index (χ0v) is 8.77. The highest BCUT2D eigenvalue weighted by molar-refractivity contribution is 5.86. The molecule has 0 aromatic heterocycles. The van der Waals surface area contributed by atoms with Crippen molar-refractivity contribution in [1.82, 2.24) is 0 Å². The van der Waals surface area contributed by atoms with Crippen LogP contribution in [0.3, 0.4) is 0 Å². The van der Waals surface area contributed by atoms with Gasteiger partial charge < -0.3 is 0 Å². The molecule has 0 aliphatic heterocycles. The second kappa shape index (κ2) is 3.82. The zero-order valence-electron chi connectivity index (χ0n) is 8.77. The van der Waals surface area contributed by atoms with Gasteiger partial charge in [0.1, 0.15) is 0 Å². The number of fused-ring (bicyclic) bond motifs is 1. The molecule has 74 valence electrons. The number of benzene rings is 3. The second-order valence-corrected chi connectivity index (χ2v) is 3.76. The van der Waals surface area contributed by atoms with E-state index in [1.165, 1.54) is 10.9 Å². The summed E-state index contributed by atoms with van der Waals surface area (Å²) in [6.45, 7) is 0. The summed E-state index contributed by atoms with van der Waals surface area (Å²) in [7, 11) is 0. The molecule has 0 bridgehead atoms. The van der Waals surface area contributed by atoms with E-state index in [2.05, 4.69) is 42.5 Å². The highest BCUT2D eigenvalue weighted by atomic mass is 14.0. The van der Waals surface area contributed by atoms with Crippen LogP contribution >= 0.6 is 0 Å². The van der Waals surface area contributed by atoms with Gasteiger partial charge in [0, 0.05) is 0 Å². The fraction of sp³-hybridized carbons (Fsp3) is 0. The van der Waals surface area contributed by atoms with Crippen LogP contribution in [0.2, 0.25) is 0 Å². The average molecular weight is 202 g/mol. The third kappa shape index (κ3) is 1.59. The summed E-state index contributed by atoms with van der Waals surface area (Å²) in [6.07, 6.45) is 0. The van der Waals surface area contributed by atoms with E-state index in [1.54, 1.807) is 0 Å². The summed E-state index contributed by atoms with van der Waals surface area (Å²) in [5, 5.41) is 2.32. The van der Waals surface area contributed by atoms with Crippen LogP contribution in [0, 0.1) is 12.1 Å². The fourth-order valence-electron chi connectivity index (χ4n) is 1.84. The minimum atomic E-state index is 1.10. The highest BCUT2D eigenvalue weighted by Gasteiger charge is 1.98. The molecule has 0 heterocycles. The van der Waals surface area contributed by atoms with Crippen molar-refractivity contribution in [3.63, 3.8) is 0 Å². The van der Waals surface area contributed by atoms with Crippen LogP contribution in [0.1, 0.15) is 0 Å². The Bertz CT molecular complexity index is 609. The Morgan fingerprint density at radius 2 is 1.44 bits per heavy atom. The van der Waals surface area contributed by atoms with E-state index in [9.17, 15) is 0 Å². The molecule has 0 saturated heterocycles. The van der Waals surface area contributed by atoms with Gasteiger partial charge in [-0.2, -0.15) is 0 Å². The zero-order chi connectivity index (χ0) is 10.8. The molecule has 0 unspecified atom stereocenters. The van der Waals surface area contributed by atoms with E-state index < -0.39 is 0 Å². The van der Waals surface area contributed by atoms with Crippen molar-refractivity contribution in [3.05, 3.63) is 72.8 Å². The molecule has 2 radical (unpaired) electrons. The lowest BCUT2D eigenvalue weighted by molar-refractivity contribution is 1.63. The number of hydrogen-bond donors (Lipinski definition) is 0. The maximum absolute atomic E-state index is 3.20. The summed E-state index contributed by atoms with van der Waals surface area (Å²) in [6, 6.07) is 27.1. The van der Waals surface area contributed by atoms with Gasteiger partial charge in [0.05, 0.1) is 0 Å². The maximum Gasteiger partial charge on any atom is -0.000719 e. The van der Waals surface area contributed by atoms with Crippen LogP contribution in [0.5, 0.6) is 0 Å². The molecule has 3 aromatic carbocycles. The van der Waals surface area contributed by atoms with Gasteiger partial charge in [0.25, 0.3) is 0 Å². The van der Waals surface area contributed by atoms with Crippen LogP contribution in [0.4, 0.5) is 0 Å². The van der Waals surface area contributed by atoms with Gasteiger partial charge in [-0.25, -0.2) is 0 Å². The first-order chi connectivity index (χ1) is 7.93. The van der Waals surface area contributed by atoms with Crippen molar-refractivity contribution in [2.75, 3.05) is 0 Å². The van der Waals surface area contributed by atoms with Gasteiger partial charge in [-0.3, -0.25) is 0 Å². The molecule has 0 fully saturated rings. The van der Waals surface area contributed by atoms with Crippen LogP contribution in [0.15, 0.2) is 60.7 Å². The van der Waals surface area contributed by atoms with E-state index in [0.717, 1.165) is 10.9 Å². The highest BCUT2D eigenvalue weighted by Crippen LogP contribution is 2.22. The van der Waals surface area contributed by atoms with Crippen LogP contribution in [-0.4, -0.2) is 0 Å². The van der Waals surface area contributed by atoms with Crippen molar-refractivity contribution in [2.45, 2.75) is 0 Å². The van der Waals surface area contributed by atoms with Crippen molar-refractivity contribution in [2.24, 2.45) is 0 Å². The van der Waals surface area contributed by atoms with Crippen LogP contribution < -0.4 is 0 Å². The topological polar surface area (TPSA) is 0 Å². The third-order valence-corrected chi connectivity index (χ3v) is 2.68. The number of hydrogen-bond acceptors (Lipinski definition) is 0. The van der Waals surface area contributed by atoms with Gasteiger partial charge in [0.15, 0.2) is 0 Å². The lowest BCUT2D eigenvalue weighted by atomic mass is 10.0. The largest absolute Gasteiger partial charge is 0.0622 e. The maximum atomic E-state index is 3.20. The molecule has 3 rings (SSSR count). The van der Waals surface area contributed by atoms with Crippen molar-refractivity contribution < 1.29 is 0 Å². The molecule has 0 aliphatic rings. The first-order valence-electron chi connectivity index (χ1n) is 5.32. The summed E-state index contributed by atoms with van der Waals surface area (Å²) in [5.41, 5.74) is 2.28. The van der Waals surface area contributed by atoms with Gasteiger partial charge in [-0.05, 0) is 40.1 Å². The Morgan fingerprint density at radius 1 is 0.688 bits per heavy atom. The lowest BCUT2D eigenvalue weighted by Crippen LogP contribution is -1.79. The molecule has 0 N–H and O–H groups in total. The van der Waals surface area contributed by atoms with Gasteiger partial charge in [-0.15, -0.1) is 0 Å². The number of rotatable bonds is 1. The average Bonchev–Trinajstić information content (AvgIpc) is 2.39. The summed E-state index contributed by atoms with van der Waals surface area (Å²) in [4.78, 5) is 0. The lowest BCUT2D eigenvalue weighted by Gasteiger charge is -2.02. The monoisotopic (exact) mass is 202 g/mol. The Hall–Kier alpha value is -2.08. The van der Waals surface area contributed by atoms with Gasteiger partial charge >= 0.3 is 0 Å². The molecule has 3 aromatic rings. The Morgan fingerprint density at radius 3 is 2.31 bits per heavy atom. The summed E-state index contributed by atoms with van der Waals surface area (Å²) < 4.78 is 0. The Balaban J connectivity index is 2.19. The van der Waals surface area contributed by atoms with Crippen LogP contribution in [-0.2, 0) is 0 Å². The Kier molecular flexibility index (Phi) is 2.19. The second-order valence-electron chi connectivity index (χ2n) is 3.76. The van der Waals surface area contributed by atoms with E-state index >= 15 is 0 Å². The predicted octanol–water partition coefficient (Wildman–Crippen LogP) is 4.11. The van der Waals surface area contributed by atoms with E-state index in [4.69, 9.17) is 0 Å². The molecular formula is C16H10. The quantitative estimate of drug-likeness (QED) is 0.557. The normalized spacial score (nSPS) is 10.5. The fourth-order valence-corrected chi connectivity index (χ4v) is 1.84. The minimum Gasteiger partial charge on any atom is -0.0622 e. The first kappa shape index (κ1) is 9.17. The molecular weight excluding hydrogens is 192 g/mol. The SMILES string of the molecule is [c]1[c]c2ccccc2cc1-c1ccccc1. The molecule has 0 saturated carbocycles. The Labute approximate surface area is 95.2 Å². The van der Waals surface area contributed by atoms with Crippen LogP contribution in [0.25, 0.3) is 21.9 Å². The van der Waals surface area contributed by atoms with Crippen molar-refractivity contribution in [3.8, 4) is 11.1 Å². The molecule has 16 heavy (non-hydrogen) atoms. The predicted molar refractivity (Wildman–Crippen MR) is 67.1 cm³/mol.